The molecule has 20 heavy (non-hydrogen) atoms. The van der Waals surface area contributed by atoms with Crippen LogP contribution in [0, 0.1) is 0 Å². The number of halogens is 1. The van der Waals surface area contributed by atoms with Gasteiger partial charge in [0, 0.05) is 10.6 Å². The Kier molecular flexibility index (Phi) is 4.33. The maximum atomic E-state index is 11.9. The first kappa shape index (κ1) is 14.0. The van der Waals surface area contributed by atoms with Crippen molar-refractivity contribution < 1.29 is 14.7 Å². The highest BCUT2D eigenvalue weighted by atomic mass is 35.5. The van der Waals surface area contributed by atoms with Crippen molar-refractivity contribution in [2.45, 2.75) is 0 Å². The van der Waals surface area contributed by atoms with Gasteiger partial charge in [0.2, 0.25) is 0 Å². The van der Waals surface area contributed by atoms with E-state index in [0.29, 0.717) is 10.6 Å². The topological polar surface area (TPSA) is 54.4 Å². The standard InChI is InChI=1S/C16H11ClO3/c17-14-3-1-2-13(10-14)15(18)9-6-11-4-7-12(8-5-11)16(19)20/h1-10H,(H,19,20)/b9-6+. The summed E-state index contributed by atoms with van der Waals surface area (Å²) in [6.07, 6.45) is 3.07. The molecular formula is C16H11ClO3. The van der Waals surface area contributed by atoms with Gasteiger partial charge in [0.1, 0.15) is 0 Å². The first-order valence-corrected chi connectivity index (χ1v) is 6.25. The van der Waals surface area contributed by atoms with Crippen LogP contribution in [0.3, 0.4) is 0 Å². The fourth-order valence-corrected chi connectivity index (χ4v) is 1.84. The summed E-state index contributed by atoms with van der Waals surface area (Å²) in [6.45, 7) is 0. The molecule has 3 nitrogen and oxygen atoms in total. The fraction of sp³-hybridized carbons (Fsp3) is 0. The van der Waals surface area contributed by atoms with Gasteiger partial charge in [-0.3, -0.25) is 4.79 Å². The minimum atomic E-state index is -0.976. The molecule has 0 fully saturated rings. The quantitative estimate of drug-likeness (QED) is 0.684. The second-order valence-corrected chi connectivity index (χ2v) is 4.57. The van der Waals surface area contributed by atoms with E-state index < -0.39 is 5.97 Å². The number of allylic oxidation sites excluding steroid dienone is 1. The number of carboxylic acids is 1. The first-order chi connectivity index (χ1) is 9.56. The molecule has 0 saturated heterocycles. The van der Waals surface area contributed by atoms with Crippen LogP contribution in [0.15, 0.2) is 54.6 Å². The van der Waals surface area contributed by atoms with Crippen molar-refractivity contribution in [3.05, 3.63) is 76.3 Å². The highest BCUT2D eigenvalue weighted by molar-refractivity contribution is 6.31. The van der Waals surface area contributed by atoms with Gasteiger partial charge in [-0.1, -0.05) is 41.9 Å². The van der Waals surface area contributed by atoms with Gasteiger partial charge in [-0.2, -0.15) is 0 Å². The van der Waals surface area contributed by atoms with Crippen molar-refractivity contribution >= 4 is 29.4 Å². The smallest absolute Gasteiger partial charge is 0.335 e. The second-order valence-electron chi connectivity index (χ2n) is 4.14. The Morgan fingerprint density at radius 2 is 1.70 bits per heavy atom. The summed E-state index contributed by atoms with van der Waals surface area (Å²) in [6, 6.07) is 13.0. The van der Waals surface area contributed by atoms with Gasteiger partial charge in [0.05, 0.1) is 5.56 Å². The number of carbonyl (C=O) groups is 2. The van der Waals surface area contributed by atoms with Crippen molar-refractivity contribution in [1.29, 1.82) is 0 Å². The van der Waals surface area contributed by atoms with Crippen molar-refractivity contribution in [2.24, 2.45) is 0 Å². The van der Waals surface area contributed by atoms with Gasteiger partial charge in [-0.15, -0.1) is 0 Å². The number of rotatable bonds is 4. The molecule has 0 aliphatic heterocycles. The normalized spacial score (nSPS) is 10.7. The van der Waals surface area contributed by atoms with Crippen LogP contribution in [0.25, 0.3) is 6.08 Å². The van der Waals surface area contributed by atoms with E-state index in [4.69, 9.17) is 16.7 Å². The van der Waals surface area contributed by atoms with Crippen molar-refractivity contribution in [2.75, 3.05) is 0 Å². The third-order valence-electron chi connectivity index (χ3n) is 2.69. The van der Waals surface area contributed by atoms with Gasteiger partial charge < -0.3 is 5.11 Å². The minimum absolute atomic E-state index is 0.158. The lowest BCUT2D eigenvalue weighted by atomic mass is 10.1. The maximum Gasteiger partial charge on any atom is 0.335 e. The average Bonchev–Trinajstić information content (AvgIpc) is 2.45. The zero-order valence-corrected chi connectivity index (χ0v) is 11.2. The lowest BCUT2D eigenvalue weighted by Gasteiger charge is -1.97. The maximum absolute atomic E-state index is 11.9. The zero-order chi connectivity index (χ0) is 14.5. The van der Waals surface area contributed by atoms with E-state index in [1.54, 1.807) is 42.5 Å². The summed E-state index contributed by atoms with van der Waals surface area (Å²) >= 11 is 5.82. The Hall–Kier alpha value is -2.39. The van der Waals surface area contributed by atoms with Gasteiger partial charge >= 0.3 is 5.97 Å². The Bertz CT molecular complexity index is 672. The summed E-state index contributed by atoms with van der Waals surface area (Å²) in [5, 5.41) is 9.29. The molecule has 0 bridgehead atoms. The van der Waals surface area contributed by atoms with Crippen LogP contribution in [0.2, 0.25) is 5.02 Å². The molecule has 0 saturated carbocycles. The van der Waals surface area contributed by atoms with E-state index >= 15 is 0 Å². The molecule has 2 aromatic rings. The molecule has 0 atom stereocenters. The minimum Gasteiger partial charge on any atom is -0.478 e. The number of ketones is 1. The summed E-state index contributed by atoms with van der Waals surface area (Å²) < 4.78 is 0. The highest BCUT2D eigenvalue weighted by Crippen LogP contribution is 2.12. The SMILES string of the molecule is O=C(O)c1ccc(/C=C/C(=O)c2cccc(Cl)c2)cc1. The third-order valence-corrected chi connectivity index (χ3v) is 2.93. The van der Waals surface area contributed by atoms with E-state index in [1.165, 1.54) is 18.2 Å². The predicted molar refractivity (Wildman–Crippen MR) is 78.2 cm³/mol. The van der Waals surface area contributed by atoms with Gasteiger partial charge in [0.15, 0.2) is 5.78 Å². The molecule has 4 heteroatoms. The van der Waals surface area contributed by atoms with Crippen molar-refractivity contribution in [1.82, 2.24) is 0 Å². The van der Waals surface area contributed by atoms with E-state index in [9.17, 15) is 9.59 Å². The molecule has 0 aliphatic rings. The summed E-state index contributed by atoms with van der Waals surface area (Å²) in [7, 11) is 0. The second kappa shape index (κ2) is 6.17. The molecule has 1 N–H and O–H groups in total. The Labute approximate surface area is 121 Å². The molecule has 0 aromatic heterocycles. The summed E-state index contributed by atoms with van der Waals surface area (Å²) in [4.78, 5) is 22.6. The van der Waals surface area contributed by atoms with Gasteiger partial charge in [0.25, 0.3) is 0 Å². The molecule has 0 amide bonds. The predicted octanol–water partition coefficient (Wildman–Crippen LogP) is 3.93. The molecule has 100 valence electrons. The Morgan fingerprint density at radius 3 is 2.30 bits per heavy atom. The van der Waals surface area contributed by atoms with Crippen LogP contribution >= 0.6 is 11.6 Å². The number of benzene rings is 2. The van der Waals surface area contributed by atoms with Gasteiger partial charge in [-0.25, -0.2) is 4.79 Å². The fourth-order valence-electron chi connectivity index (χ4n) is 1.65. The Balaban J connectivity index is 2.13. The summed E-state index contributed by atoms with van der Waals surface area (Å²) in [5.41, 5.74) is 1.48. The lowest BCUT2D eigenvalue weighted by Crippen LogP contribution is -1.95. The molecule has 0 spiro atoms. The number of hydrogen-bond donors (Lipinski definition) is 1. The molecule has 2 aromatic carbocycles. The van der Waals surface area contributed by atoms with Crippen LogP contribution in [0.1, 0.15) is 26.3 Å². The van der Waals surface area contributed by atoms with Crippen LogP contribution in [0.4, 0.5) is 0 Å². The first-order valence-electron chi connectivity index (χ1n) is 5.87. The zero-order valence-electron chi connectivity index (χ0n) is 10.4. The number of carboxylic acid groups (broad SMARTS) is 1. The van der Waals surface area contributed by atoms with Gasteiger partial charge in [-0.05, 0) is 35.9 Å². The summed E-state index contributed by atoms with van der Waals surface area (Å²) in [5.74, 6) is -1.13. The average molecular weight is 287 g/mol. The van der Waals surface area contributed by atoms with Crippen LogP contribution in [0.5, 0.6) is 0 Å². The highest BCUT2D eigenvalue weighted by Gasteiger charge is 2.03. The van der Waals surface area contributed by atoms with E-state index in [2.05, 4.69) is 0 Å². The van der Waals surface area contributed by atoms with Crippen molar-refractivity contribution in [3.8, 4) is 0 Å². The van der Waals surface area contributed by atoms with Crippen LogP contribution in [-0.2, 0) is 0 Å². The molecular weight excluding hydrogens is 276 g/mol. The number of aromatic carboxylic acids is 1. The van der Waals surface area contributed by atoms with E-state index in [1.807, 2.05) is 0 Å². The third kappa shape index (κ3) is 3.56. The van der Waals surface area contributed by atoms with E-state index in [-0.39, 0.29) is 11.3 Å². The van der Waals surface area contributed by atoms with E-state index in [0.717, 1.165) is 5.56 Å². The Morgan fingerprint density at radius 1 is 1.00 bits per heavy atom. The number of hydrogen-bond acceptors (Lipinski definition) is 2. The number of carbonyl (C=O) groups excluding carboxylic acids is 1. The lowest BCUT2D eigenvalue weighted by molar-refractivity contribution is 0.0696. The van der Waals surface area contributed by atoms with Crippen LogP contribution in [-0.4, -0.2) is 16.9 Å². The monoisotopic (exact) mass is 286 g/mol. The van der Waals surface area contributed by atoms with Crippen LogP contribution < -0.4 is 0 Å². The largest absolute Gasteiger partial charge is 0.478 e. The molecule has 0 heterocycles. The molecule has 2 rings (SSSR count). The molecule has 0 radical (unpaired) electrons. The molecule has 0 unspecified atom stereocenters. The molecule has 0 aliphatic carbocycles. The van der Waals surface area contributed by atoms with Crippen molar-refractivity contribution in [3.63, 3.8) is 0 Å².